The Morgan fingerprint density at radius 1 is 1.39 bits per heavy atom. The van der Waals surface area contributed by atoms with Gasteiger partial charge in [0.1, 0.15) is 5.75 Å². The van der Waals surface area contributed by atoms with Gasteiger partial charge in [0, 0.05) is 12.5 Å². The lowest BCUT2D eigenvalue weighted by atomic mass is 10.1. The van der Waals surface area contributed by atoms with Crippen molar-refractivity contribution in [2.45, 2.75) is 19.8 Å². The van der Waals surface area contributed by atoms with Crippen LogP contribution in [0.2, 0.25) is 0 Å². The highest BCUT2D eigenvalue weighted by Crippen LogP contribution is 2.15. The molecule has 0 aromatic heterocycles. The first kappa shape index (κ1) is 13.9. The maximum Gasteiger partial charge on any atom is 0.312 e. The smallest absolute Gasteiger partial charge is 0.312 e. The second-order valence-corrected chi connectivity index (χ2v) is 3.73. The van der Waals surface area contributed by atoms with Crippen molar-refractivity contribution in [3.05, 3.63) is 45.6 Å². The Balaban J connectivity index is 3.00. The van der Waals surface area contributed by atoms with Crippen molar-refractivity contribution in [2.75, 3.05) is 7.11 Å². The Morgan fingerprint density at radius 3 is 2.44 bits per heavy atom. The van der Waals surface area contributed by atoms with Gasteiger partial charge < -0.3 is 4.74 Å². The fraction of sp³-hybridized carbons (Fsp3) is 0.308. The number of allylic oxidation sites excluding steroid dienone is 1. The number of benzene rings is 1. The van der Waals surface area contributed by atoms with Crippen LogP contribution in [-0.2, 0) is 4.79 Å². The summed E-state index contributed by atoms with van der Waals surface area (Å²) in [6, 6.07) is 6.71. The molecular weight excluding hydrogens is 234 g/mol. The first-order valence-electron chi connectivity index (χ1n) is 5.61. The second-order valence-electron chi connectivity index (χ2n) is 3.73. The van der Waals surface area contributed by atoms with E-state index in [1.54, 1.807) is 24.3 Å². The summed E-state index contributed by atoms with van der Waals surface area (Å²) in [6.45, 7) is 1.81. The number of ketones is 1. The van der Waals surface area contributed by atoms with Crippen molar-refractivity contribution in [1.29, 1.82) is 0 Å². The van der Waals surface area contributed by atoms with Gasteiger partial charge in [0.2, 0.25) is 5.78 Å². The van der Waals surface area contributed by atoms with E-state index in [0.29, 0.717) is 17.7 Å². The zero-order valence-electron chi connectivity index (χ0n) is 10.4. The van der Waals surface area contributed by atoms with E-state index in [-0.39, 0.29) is 12.1 Å². The average Bonchev–Trinajstić information content (AvgIpc) is 2.36. The molecule has 0 saturated heterocycles. The van der Waals surface area contributed by atoms with Crippen LogP contribution in [0.15, 0.2) is 30.0 Å². The van der Waals surface area contributed by atoms with E-state index in [0.717, 1.165) is 0 Å². The SMILES string of the molecule is CCCC(=O)C(=Cc1ccc(OC)cc1)[N+](=O)[O-]. The molecule has 1 rings (SSSR count). The third-order valence-corrected chi connectivity index (χ3v) is 2.38. The van der Waals surface area contributed by atoms with Crippen LogP contribution in [0.3, 0.4) is 0 Å². The van der Waals surface area contributed by atoms with Gasteiger partial charge >= 0.3 is 5.70 Å². The van der Waals surface area contributed by atoms with Crippen LogP contribution in [0, 0.1) is 10.1 Å². The summed E-state index contributed by atoms with van der Waals surface area (Å²) in [7, 11) is 1.54. The standard InChI is InChI=1S/C13H15NO4/c1-3-4-13(15)12(14(16)17)9-10-5-7-11(18-2)8-6-10/h5-9H,3-4H2,1-2H3. The Hall–Kier alpha value is -2.17. The van der Waals surface area contributed by atoms with Crippen molar-refractivity contribution < 1.29 is 14.5 Å². The molecular formula is C13H15NO4. The molecule has 18 heavy (non-hydrogen) atoms. The molecule has 0 spiro atoms. The van der Waals surface area contributed by atoms with E-state index < -0.39 is 10.7 Å². The number of methoxy groups -OCH3 is 1. The summed E-state index contributed by atoms with van der Waals surface area (Å²) in [5.41, 5.74) is 0.231. The zero-order chi connectivity index (χ0) is 13.5. The molecule has 0 bridgehead atoms. The summed E-state index contributed by atoms with van der Waals surface area (Å²) in [4.78, 5) is 21.8. The Bertz CT molecular complexity index is 462. The van der Waals surface area contributed by atoms with Gasteiger partial charge in [-0.1, -0.05) is 19.1 Å². The van der Waals surface area contributed by atoms with E-state index in [9.17, 15) is 14.9 Å². The summed E-state index contributed by atoms with van der Waals surface area (Å²) in [6.07, 6.45) is 2.06. The lowest BCUT2D eigenvalue weighted by Gasteiger charge is -2.00. The van der Waals surface area contributed by atoms with Gasteiger partial charge in [-0.15, -0.1) is 0 Å². The molecule has 1 aromatic rings. The van der Waals surface area contributed by atoms with E-state index in [1.165, 1.54) is 13.2 Å². The van der Waals surface area contributed by atoms with Crippen LogP contribution >= 0.6 is 0 Å². The van der Waals surface area contributed by atoms with Crippen LogP contribution in [0.4, 0.5) is 0 Å². The van der Waals surface area contributed by atoms with Crippen molar-refractivity contribution in [3.8, 4) is 5.75 Å². The lowest BCUT2D eigenvalue weighted by Crippen LogP contribution is -2.10. The van der Waals surface area contributed by atoms with E-state index >= 15 is 0 Å². The number of ether oxygens (including phenoxy) is 1. The molecule has 0 aliphatic carbocycles. The third kappa shape index (κ3) is 3.69. The minimum absolute atomic E-state index is 0.184. The van der Waals surface area contributed by atoms with Gasteiger partial charge in [-0.25, -0.2) is 0 Å². The van der Waals surface area contributed by atoms with E-state index in [4.69, 9.17) is 4.74 Å². The topological polar surface area (TPSA) is 69.4 Å². The predicted octanol–water partition coefficient (Wildman–Crippen LogP) is 2.68. The fourth-order valence-electron chi connectivity index (χ4n) is 1.45. The molecule has 0 unspecified atom stereocenters. The number of rotatable bonds is 6. The number of hydrogen-bond donors (Lipinski definition) is 0. The quantitative estimate of drug-likeness (QED) is 0.441. The van der Waals surface area contributed by atoms with Crippen LogP contribution in [0.25, 0.3) is 6.08 Å². The fourth-order valence-corrected chi connectivity index (χ4v) is 1.45. The van der Waals surface area contributed by atoms with Crippen molar-refractivity contribution in [3.63, 3.8) is 0 Å². The first-order valence-corrected chi connectivity index (χ1v) is 5.61. The van der Waals surface area contributed by atoms with Crippen molar-refractivity contribution >= 4 is 11.9 Å². The predicted molar refractivity (Wildman–Crippen MR) is 67.9 cm³/mol. The van der Waals surface area contributed by atoms with E-state index in [2.05, 4.69) is 0 Å². The van der Waals surface area contributed by atoms with Crippen LogP contribution in [0.5, 0.6) is 5.75 Å². The summed E-state index contributed by atoms with van der Waals surface area (Å²) < 4.78 is 4.99. The largest absolute Gasteiger partial charge is 0.497 e. The molecule has 96 valence electrons. The van der Waals surface area contributed by atoms with Crippen LogP contribution in [-0.4, -0.2) is 17.8 Å². The first-order chi connectivity index (χ1) is 8.58. The summed E-state index contributed by atoms with van der Waals surface area (Å²) >= 11 is 0. The molecule has 0 atom stereocenters. The normalized spacial score (nSPS) is 11.1. The highest BCUT2D eigenvalue weighted by molar-refractivity contribution is 5.97. The highest BCUT2D eigenvalue weighted by Gasteiger charge is 2.20. The average molecular weight is 249 g/mol. The van der Waals surface area contributed by atoms with Crippen molar-refractivity contribution in [2.24, 2.45) is 0 Å². The minimum Gasteiger partial charge on any atom is -0.497 e. The summed E-state index contributed by atoms with van der Waals surface area (Å²) in [5.74, 6) is 0.216. The Morgan fingerprint density at radius 2 is 2.00 bits per heavy atom. The van der Waals surface area contributed by atoms with Gasteiger partial charge in [0.05, 0.1) is 12.0 Å². The van der Waals surface area contributed by atoms with Crippen LogP contribution < -0.4 is 4.74 Å². The molecule has 0 radical (unpaired) electrons. The third-order valence-electron chi connectivity index (χ3n) is 2.38. The molecule has 0 saturated carbocycles. The maximum atomic E-state index is 11.6. The zero-order valence-corrected chi connectivity index (χ0v) is 10.4. The molecule has 0 aliphatic rings. The minimum atomic E-state index is -0.637. The number of nitrogens with zero attached hydrogens (tertiary/aromatic N) is 1. The molecule has 1 aromatic carbocycles. The number of carbonyl (C=O) groups excluding carboxylic acids is 1. The number of hydrogen-bond acceptors (Lipinski definition) is 4. The van der Waals surface area contributed by atoms with E-state index in [1.807, 2.05) is 6.92 Å². The van der Waals surface area contributed by atoms with Crippen LogP contribution in [0.1, 0.15) is 25.3 Å². The molecule has 0 amide bonds. The molecule has 0 aliphatic heterocycles. The van der Waals surface area contributed by atoms with Crippen molar-refractivity contribution in [1.82, 2.24) is 0 Å². The van der Waals surface area contributed by atoms with Gasteiger partial charge in [0.25, 0.3) is 0 Å². The van der Waals surface area contributed by atoms with Gasteiger partial charge in [-0.2, -0.15) is 0 Å². The highest BCUT2D eigenvalue weighted by atomic mass is 16.6. The van der Waals surface area contributed by atoms with Gasteiger partial charge in [-0.3, -0.25) is 14.9 Å². The maximum absolute atomic E-state index is 11.6. The number of Topliss-reactive ketones (excluding diaryl/α,β-unsaturated/α-hetero) is 1. The summed E-state index contributed by atoms with van der Waals surface area (Å²) in [5, 5.41) is 10.8. The Labute approximate surface area is 105 Å². The van der Waals surface area contributed by atoms with Gasteiger partial charge in [-0.05, 0) is 24.1 Å². The molecule has 5 heteroatoms. The lowest BCUT2D eigenvalue weighted by molar-refractivity contribution is -0.417. The monoisotopic (exact) mass is 249 g/mol. The number of carbonyl (C=O) groups is 1. The molecule has 5 nitrogen and oxygen atoms in total. The van der Waals surface area contributed by atoms with Gasteiger partial charge in [0.15, 0.2) is 0 Å². The molecule has 0 fully saturated rings. The number of nitro groups is 1. The Kier molecular flexibility index (Phi) is 5.05. The second kappa shape index (κ2) is 6.54. The molecule has 0 N–H and O–H groups in total. The molecule has 0 heterocycles.